The molecule has 2 rings (SSSR count). The Morgan fingerprint density at radius 3 is 2.37 bits per heavy atom. The molecule has 0 heteroatoms. The number of hydrogen-bond acceptors (Lipinski definition) is 0. The second kappa shape index (κ2) is 6.62. The van der Waals surface area contributed by atoms with Crippen LogP contribution in [0.5, 0.6) is 0 Å². The Morgan fingerprint density at radius 2 is 1.84 bits per heavy atom. The summed E-state index contributed by atoms with van der Waals surface area (Å²) < 4.78 is 0. The topological polar surface area (TPSA) is 0 Å². The van der Waals surface area contributed by atoms with E-state index < -0.39 is 0 Å². The number of hydrogen-bond donors (Lipinski definition) is 0. The summed E-state index contributed by atoms with van der Waals surface area (Å²) in [5, 5.41) is 0. The first-order chi connectivity index (χ1) is 9.26. The molecule has 0 aromatic heterocycles. The number of terminal acetylenes is 1. The molecule has 19 heavy (non-hydrogen) atoms. The summed E-state index contributed by atoms with van der Waals surface area (Å²) in [4.78, 5) is 0. The highest BCUT2D eigenvalue weighted by atomic mass is 14.3. The highest BCUT2D eigenvalue weighted by Gasteiger charge is 2.28. The van der Waals surface area contributed by atoms with Gasteiger partial charge in [0.15, 0.2) is 0 Å². The molecule has 0 nitrogen and oxygen atoms in total. The lowest BCUT2D eigenvalue weighted by atomic mass is 9.71. The first-order valence-electron chi connectivity index (χ1n) is 7.40. The fourth-order valence-corrected chi connectivity index (χ4v) is 3.43. The second-order valence-electron chi connectivity index (χ2n) is 5.81. The average molecular weight is 252 g/mol. The lowest BCUT2D eigenvalue weighted by Crippen LogP contribution is -2.23. The molecule has 1 fully saturated rings. The van der Waals surface area contributed by atoms with Crippen molar-refractivity contribution in [2.24, 2.45) is 17.8 Å². The summed E-state index contributed by atoms with van der Waals surface area (Å²) in [5.41, 5.74) is 1.51. The van der Waals surface area contributed by atoms with Gasteiger partial charge in [-0.3, -0.25) is 0 Å². The molecule has 0 radical (unpaired) electrons. The molecule has 0 bridgehead atoms. The van der Waals surface area contributed by atoms with Crippen LogP contribution in [0.15, 0.2) is 43.0 Å². The van der Waals surface area contributed by atoms with Crippen molar-refractivity contribution in [2.45, 2.75) is 38.5 Å². The molecule has 1 aliphatic carbocycles. The van der Waals surface area contributed by atoms with Crippen LogP contribution in [0.4, 0.5) is 0 Å². The van der Waals surface area contributed by atoms with Crippen molar-refractivity contribution in [3.05, 3.63) is 48.6 Å². The van der Waals surface area contributed by atoms with Crippen LogP contribution in [0.2, 0.25) is 0 Å². The largest absolute Gasteiger partial charge is 0.119 e. The monoisotopic (exact) mass is 252 g/mol. The number of benzene rings is 1. The van der Waals surface area contributed by atoms with Crippen molar-refractivity contribution in [2.75, 3.05) is 0 Å². The van der Waals surface area contributed by atoms with Gasteiger partial charge in [0.05, 0.1) is 0 Å². The maximum absolute atomic E-state index is 5.59. The maximum atomic E-state index is 5.59. The van der Waals surface area contributed by atoms with E-state index in [9.17, 15) is 0 Å². The van der Waals surface area contributed by atoms with Gasteiger partial charge in [-0.25, -0.2) is 0 Å². The Morgan fingerprint density at radius 1 is 1.21 bits per heavy atom. The van der Waals surface area contributed by atoms with E-state index in [2.05, 4.69) is 49.8 Å². The fraction of sp³-hybridized carbons (Fsp3) is 0.474. The van der Waals surface area contributed by atoms with Crippen molar-refractivity contribution in [1.29, 1.82) is 0 Å². The van der Waals surface area contributed by atoms with Gasteiger partial charge in [-0.2, -0.15) is 0 Å². The van der Waals surface area contributed by atoms with Gasteiger partial charge in [-0.15, -0.1) is 13.0 Å². The SMILES string of the molecule is C#CC(C=C)C(C)C1CCC(c2ccccc2)CC1. The Kier molecular flexibility index (Phi) is 4.86. The van der Waals surface area contributed by atoms with Crippen LogP contribution < -0.4 is 0 Å². The molecular formula is C19H24. The Hall–Kier alpha value is -1.48. The summed E-state index contributed by atoms with van der Waals surface area (Å²) in [7, 11) is 0. The molecule has 0 spiro atoms. The van der Waals surface area contributed by atoms with Crippen molar-refractivity contribution in [3.63, 3.8) is 0 Å². The molecule has 0 amide bonds. The van der Waals surface area contributed by atoms with Crippen molar-refractivity contribution in [3.8, 4) is 12.3 Å². The third kappa shape index (κ3) is 3.29. The molecule has 0 saturated heterocycles. The fourth-order valence-electron chi connectivity index (χ4n) is 3.43. The molecule has 2 atom stereocenters. The Balaban J connectivity index is 1.93. The third-order valence-electron chi connectivity index (χ3n) is 4.80. The summed E-state index contributed by atoms with van der Waals surface area (Å²) >= 11 is 0. The predicted octanol–water partition coefficient (Wildman–Crippen LogP) is 5.03. The summed E-state index contributed by atoms with van der Waals surface area (Å²) in [5.74, 6) is 5.19. The first-order valence-corrected chi connectivity index (χ1v) is 7.40. The van der Waals surface area contributed by atoms with Crippen LogP contribution in [-0.2, 0) is 0 Å². The molecule has 2 unspecified atom stereocenters. The molecule has 0 N–H and O–H groups in total. The van der Waals surface area contributed by atoms with Gasteiger partial charge in [-0.05, 0) is 49.0 Å². The van der Waals surface area contributed by atoms with E-state index >= 15 is 0 Å². The van der Waals surface area contributed by atoms with E-state index in [0.717, 1.165) is 11.8 Å². The second-order valence-corrected chi connectivity index (χ2v) is 5.81. The minimum atomic E-state index is 0.235. The number of allylic oxidation sites excluding steroid dienone is 1. The van der Waals surface area contributed by atoms with E-state index in [4.69, 9.17) is 6.42 Å². The summed E-state index contributed by atoms with van der Waals surface area (Å²) in [6.45, 7) is 6.16. The molecule has 1 aliphatic rings. The minimum Gasteiger partial charge on any atom is -0.119 e. The van der Waals surface area contributed by atoms with Crippen molar-refractivity contribution < 1.29 is 0 Å². The van der Waals surface area contributed by atoms with E-state index in [1.54, 1.807) is 0 Å². The van der Waals surface area contributed by atoms with Gasteiger partial charge in [-0.1, -0.05) is 49.3 Å². The van der Waals surface area contributed by atoms with Crippen LogP contribution in [0.3, 0.4) is 0 Å². The molecular weight excluding hydrogens is 228 g/mol. The van der Waals surface area contributed by atoms with Crippen molar-refractivity contribution >= 4 is 0 Å². The molecule has 100 valence electrons. The van der Waals surface area contributed by atoms with Crippen LogP contribution in [0, 0.1) is 30.1 Å². The van der Waals surface area contributed by atoms with Gasteiger partial charge < -0.3 is 0 Å². The lowest BCUT2D eigenvalue weighted by Gasteiger charge is -2.34. The Bertz CT molecular complexity index is 429. The zero-order valence-electron chi connectivity index (χ0n) is 11.9. The highest BCUT2D eigenvalue weighted by Crippen LogP contribution is 2.40. The quantitative estimate of drug-likeness (QED) is 0.520. The average Bonchev–Trinajstić information content (AvgIpc) is 2.49. The van der Waals surface area contributed by atoms with E-state index in [0.29, 0.717) is 5.92 Å². The van der Waals surface area contributed by atoms with Crippen LogP contribution in [0.1, 0.15) is 44.1 Å². The molecule has 0 heterocycles. The molecule has 1 aromatic rings. The smallest absolute Gasteiger partial charge is 0.0405 e. The van der Waals surface area contributed by atoms with E-state index in [1.807, 2.05) is 6.08 Å². The van der Waals surface area contributed by atoms with Gasteiger partial charge >= 0.3 is 0 Å². The number of rotatable bonds is 4. The van der Waals surface area contributed by atoms with Gasteiger partial charge in [0.25, 0.3) is 0 Å². The normalized spacial score (nSPS) is 26.1. The summed E-state index contributed by atoms with van der Waals surface area (Å²) in [6.07, 6.45) is 12.7. The van der Waals surface area contributed by atoms with Gasteiger partial charge in [0, 0.05) is 5.92 Å². The van der Waals surface area contributed by atoms with E-state index in [1.165, 1.54) is 31.2 Å². The van der Waals surface area contributed by atoms with Gasteiger partial charge in [0.2, 0.25) is 0 Å². The zero-order chi connectivity index (χ0) is 13.7. The third-order valence-corrected chi connectivity index (χ3v) is 4.80. The van der Waals surface area contributed by atoms with Crippen LogP contribution in [-0.4, -0.2) is 0 Å². The predicted molar refractivity (Wildman–Crippen MR) is 82.8 cm³/mol. The highest BCUT2D eigenvalue weighted by molar-refractivity contribution is 5.20. The van der Waals surface area contributed by atoms with Gasteiger partial charge in [0.1, 0.15) is 0 Å². The first kappa shape index (κ1) is 13.9. The van der Waals surface area contributed by atoms with E-state index in [-0.39, 0.29) is 5.92 Å². The zero-order valence-corrected chi connectivity index (χ0v) is 11.9. The van der Waals surface area contributed by atoms with Crippen molar-refractivity contribution in [1.82, 2.24) is 0 Å². The van der Waals surface area contributed by atoms with Crippen LogP contribution >= 0.6 is 0 Å². The molecule has 0 aliphatic heterocycles. The molecule has 1 aromatic carbocycles. The standard InChI is InChI=1S/C19H24/c1-4-16(5-2)15(3)17-11-13-19(14-12-17)18-9-7-6-8-10-18/h1,5-10,15-17,19H,2,11-14H2,3H3. The van der Waals surface area contributed by atoms with Crippen LogP contribution in [0.25, 0.3) is 0 Å². The maximum Gasteiger partial charge on any atom is 0.0405 e. The Labute approximate surface area is 117 Å². The minimum absolute atomic E-state index is 0.235. The summed E-state index contributed by atoms with van der Waals surface area (Å²) in [6, 6.07) is 10.9. The lowest BCUT2D eigenvalue weighted by molar-refractivity contribution is 0.226. The molecule has 1 saturated carbocycles.